The van der Waals surface area contributed by atoms with Gasteiger partial charge in [-0.15, -0.1) is 0 Å². The van der Waals surface area contributed by atoms with E-state index in [1.165, 1.54) is 0 Å². The first-order valence-corrected chi connectivity index (χ1v) is 9.81. The van der Waals surface area contributed by atoms with E-state index in [1.54, 1.807) is 30.3 Å². The van der Waals surface area contributed by atoms with Gasteiger partial charge in [-0.2, -0.15) is 5.10 Å². The lowest BCUT2D eigenvalue weighted by molar-refractivity contribution is 0.104. The average molecular weight is 418 g/mol. The van der Waals surface area contributed by atoms with Gasteiger partial charge in [-0.1, -0.05) is 35.9 Å². The Morgan fingerprint density at radius 3 is 2.70 bits per heavy atom. The minimum absolute atomic E-state index is 0.0553. The number of rotatable bonds is 7. The van der Waals surface area contributed by atoms with E-state index in [4.69, 9.17) is 16.3 Å². The Balaban J connectivity index is 1.54. The Bertz CT molecular complexity index is 1190. The van der Waals surface area contributed by atoms with Gasteiger partial charge >= 0.3 is 0 Å². The molecule has 2 heterocycles. The Labute approximate surface area is 179 Å². The van der Waals surface area contributed by atoms with E-state index in [0.29, 0.717) is 17.1 Å². The molecule has 0 spiro atoms. The Hall–Kier alpha value is -3.57. The molecule has 0 bridgehead atoms. The minimum Gasteiger partial charge on any atom is -0.496 e. The van der Waals surface area contributed by atoms with Crippen molar-refractivity contribution in [3.8, 4) is 11.4 Å². The third kappa shape index (κ3) is 4.53. The summed E-state index contributed by atoms with van der Waals surface area (Å²) >= 11 is 5.95. The van der Waals surface area contributed by atoms with Crippen molar-refractivity contribution in [1.29, 1.82) is 0 Å². The number of halogens is 1. The first-order valence-electron chi connectivity index (χ1n) is 9.43. The number of ether oxygens (including phenoxy) is 1. The molecule has 6 heteroatoms. The van der Waals surface area contributed by atoms with Crippen LogP contribution in [-0.4, -0.2) is 27.2 Å². The fraction of sp³-hybridized carbons (Fsp3) is 0.0833. The number of ketones is 1. The van der Waals surface area contributed by atoms with E-state index in [-0.39, 0.29) is 5.78 Å². The summed E-state index contributed by atoms with van der Waals surface area (Å²) in [6.45, 7) is 0.518. The summed E-state index contributed by atoms with van der Waals surface area (Å²) in [6, 6.07) is 17.2. The minimum atomic E-state index is -0.0553. The maximum absolute atomic E-state index is 12.7. The van der Waals surface area contributed by atoms with Crippen LogP contribution in [0.3, 0.4) is 0 Å². The van der Waals surface area contributed by atoms with Gasteiger partial charge in [0.15, 0.2) is 5.78 Å². The first-order chi connectivity index (χ1) is 14.6. The molecule has 0 fully saturated rings. The predicted molar refractivity (Wildman–Crippen MR) is 118 cm³/mol. The first kappa shape index (κ1) is 19.7. The number of nitrogens with zero attached hydrogens (tertiary/aromatic N) is 3. The van der Waals surface area contributed by atoms with E-state index < -0.39 is 0 Å². The van der Waals surface area contributed by atoms with Gasteiger partial charge < -0.3 is 9.30 Å². The Morgan fingerprint density at radius 1 is 1.13 bits per heavy atom. The van der Waals surface area contributed by atoms with Crippen molar-refractivity contribution in [3.63, 3.8) is 0 Å². The van der Waals surface area contributed by atoms with Gasteiger partial charge in [0, 0.05) is 35.4 Å². The van der Waals surface area contributed by atoms with Gasteiger partial charge in [0.05, 0.1) is 24.9 Å². The third-order valence-corrected chi connectivity index (χ3v) is 4.89. The number of carbonyl (C=O) groups is 1. The number of allylic oxidation sites excluding steroid dienone is 1. The topological polar surface area (TPSA) is 49.0 Å². The zero-order valence-electron chi connectivity index (χ0n) is 16.4. The van der Waals surface area contributed by atoms with Crippen LogP contribution in [0.1, 0.15) is 21.5 Å². The molecule has 2 aromatic heterocycles. The van der Waals surface area contributed by atoms with Crippen LogP contribution in [0.5, 0.6) is 5.75 Å². The van der Waals surface area contributed by atoms with Gasteiger partial charge in [0.25, 0.3) is 0 Å². The number of aromatic nitrogens is 3. The molecule has 0 unspecified atom stereocenters. The van der Waals surface area contributed by atoms with E-state index >= 15 is 0 Å². The Morgan fingerprint density at radius 2 is 1.97 bits per heavy atom. The summed E-state index contributed by atoms with van der Waals surface area (Å²) in [5.41, 5.74) is 3.43. The van der Waals surface area contributed by atoms with Crippen molar-refractivity contribution in [2.24, 2.45) is 0 Å². The number of benzene rings is 2. The maximum Gasteiger partial charge on any atom is 0.185 e. The van der Waals surface area contributed by atoms with Crippen LogP contribution in [-0.2, 0) is 6.54 Å². The maximum atomic E-state index is 12.7. The molecule has 4 aromatic rings. The fourth-order valence-corrected chi connectivity index (χ4v) is 3.38. The molecule has 0 aliphatic heterocycles. The van der Waals surface area contributed by atoms with Crippen LogP contribution >= 0.6 is 11.6 Å². The van der Waals surface area contributed by atoms with E-state index in [0.717, 1.165) is 22.6 Å². The van der Waals surface area contributed by atoms with E-state index in [2.05, 4.69) is 5.10 Å². The van der Waals surface area contributed by atoms with Gasteiger partial charge in [-0.3, -0.25) is 9.48 Å². The number of hydrogen-bond acceptors (Lipinski definition) is 3. The lowest BCUT2D eigenvalue weighted by Gasteiger charge is -2.10. The average Bonchev–Trinajstić information content (AvgIpc) is 3.44. The highest BCUT2D eigenvalue weighted by Gasteiger charge is 2.07. The van der Waals surface area contributed by atoms with E-state index in [9.17, 15) is 4.79 Å². The van der Waals surface area contributed by atoms with Gasteiger partial charge in [0.1, 0.15) is 5.75 Å². The van der Waals surface area contributed by atoms with Crippen LogP contribution in [0.4, 0.5) is 0 Å². The monoisotopic (exact) mass is 417 g/mol. The quantitative estimate of drug-likeness (QED) is 0.303. The summed E-state index contributed by atoms with van der Waals surface area (Å²) in [4.78, 5) is 12.7. The third-order valence-electron chi connectivity index (χ3n) is 4.70. The molecule has 0 amide bonds. The van der Waals surface area contributed by atoms with Gasteiger partial charge in [-0.25, -0.2) is 0 Å². The molecule has 0 aliphatic carbocycles. The molecule has 0 atom stereocenters. The number of methoxy groups -OCH3 is 1. The highest BCUT2D eigenvalue weighted by Crippen LogP contribution is 2.22. The van der Waals surface area contributed by atoms with Crippen LogP contribution in [0.15, 0.2) is 85.5 Å². The van der Waals surface area contributed by atoms with Crippen molar-refractivity contribution in [2.45, 2.75) is 6.54 Å². The van der Waals surface area contributed by atoms with E-state index in [1.807, 2.05) is 77.6 Å². The van der Waals surface area contributed by atoms with Crippen molar-refractivity contribution in [1.82, 2.24) is 14.3 Å². The lowest BCUT2D eigenvalue weighted by Crippen LogP contribution is -2.02. The SMILES string of the molecule is COc1ccc(/C=C/C(=O)c2cccc(-n3cccc3)c2)cc1Cn1cc(Cl)cn1. The zero-order valence-corrected chi connectivity index (χ0v) is 17.2. The normalized spacial score (nSPS) is 11.1. The standard InChI is InChI=1S/C24H20ClN3O2/c1-30-24-10-8-18(13-20(24)16-28-17-21(25)15-26-28)7-9-23(29)19-5-4-6-22(14-19)27-11-2-3-12-27/h2-15,17H,16H2,1H3/b9-7+. The second-order valence-corrected chi connectivity index (χ2v) is 7.20. The molecule has 2 aromatic carbocycles. The van der Waals surface area contributed by atoms with Crippen LogP contribution < -0.4 is 4.74 Å². The molecular formula is C24H20ClN3O2. The highest BCUT2D eigenvalue weighted by atomic mass is 35.5. The largest absolute Gasteiger partial charge is 0.496 e. The summed E-state index contributed by atoms with van der Waals surface area (Å²) in [7, 11) is 1.63. The molecule has 0 saturated heterocycles. The summed E-state index contributed by atoms with van der Waals surface area (Å²) in [5.74, 6) is 0.699. The second-order valence-electron chi connectivity index (χ2n) is 6.77. The van der Waals surface area contributed by atoms with Crippen molar-refractivity contribution < 1.29 is 9.53 Å². The summed E-state index contributed by atoms with van der Waals surface area (Å²) in [5, 5.41) is 4.80. The van der Waals surface area contributed by atoms with Crippen molar-refractivity contribution in [2.75, 3.05) is 7.11 Å². The fourth-order valence-electron chi connectivity index (χ4n) is 3.22. The molecule has 5 nitrogen and oxygen atoms in total. The molecule has 0 saturated carbocycles. The molecule has 150 valence electrons. The smallest absolute Gasteiger partial charge is 0.185 e. The molecule has 0 aliphatic rings. The Kier molecular flexibility index (Phi) is 5.82. The number of hydrogen-bond donors (Lipinski definition) is 0. The van der Waals surface area contributed by atoms with Crippen LogP contribution in [0, 0.1) is 0 Å². The lowest BCUT2D eigenvalue weighted by atomic mass is 10.1. The second kappa shape index (κ2) is 8.84. The van der Waals surface area contributed by atoms with Crippen LogP contribution in [0.2, 0.25) is 5.02 Å². The predicted octanol–water partition coefficient (Wildman–Crippen LogP) is 5.28. The highest BCUT2D eigenvalue weighted by molar-refractivity contribution is 6.30. The number of carbonyl (C=O) groups excluding carboxylic acids is 1. The zero-order chi connectivity index (χ0) is 20.9. The summed E-state index contributed by atoms with van der Waals surface area (Å²) in [6.07, 6.45) is 10.6. The molecule has 4 rings (SSSR count). The molecule has 0 N–H and O–H groups in total. The summed E-state index contributed by atoms with van der Waals surface area (Å²) < 4.78 is 9.17. The molecule has 30 heavy (non-hydrogen) atoms. The van der Waals surface area contributed by atoms with Crippen molar-refractivity contribution >= 4 is 23.5 Å². The molecule has 0 radical (unpaired) electrons. The van der Waals surface area contributed by atoms with Crippen LogP contribution in [0.25, 0.3) is 11.8 Å². The van der Waals surface area contributed by atoms with Crippen molar-refractivity contribution in [3.05, 3.63) is 107 Å². The van der Waals surface area contributed by atoms with Gasteiger partial charge in [-0.05, 0) is 48.0 Å². The molecular weight excluding hydrogens is 398 g/mol. The van der Waals surface area contributed by atoms with Gasteiger partial charge in [0.2, 0.25) is 0 Å².